The average molecular weight is 163 g/mol. The summed E-state index contributed by atoms with van der Waals surface area (Å²) in [5, 5.41) is 8.07. The van der Waals surface area contributed by atoms with Gasteiger partial charge in [0, 0.05) is 20.3 Å². The summed E-state index contributed by atoms with van der Waals surface area (Å²) < 4.78 is 1.72. The lowest BCUT2D eigenvalue weighted by Gasteiger charge is -1.96. The quantitative estimate of drug-likeness (QED) is 0.661. The van der Waals surface area contributed by atoms with E-state index >= 15 is 0 Å². The maximum Gasteiger partial charge on any atom is 0.186 e. The highest BCUT2D eigenvalue weighted by molar-refractivity contribution is 5.85. The summed E-state index contributed by atoms with van der Waals surface area (Å²) in [5.41, 5.74) is 0.719. The van der Waals surface area contributed by atoms with Crippen LogP contribution in [0.5, 0.6) is 0 Å². The first-order valence-corrected chi connectivity index (χ1v) is 3.63. The molecule has 0 atom stereocenters. The normalized spacial score (nSPS) is 10.5. The highest BCUT2D eigenvalue weighted by Crippen LogP contribution is 2.15. The van der Waals surface area contributed by atoms with E-state index in [4.69, 9.17) is 0 Å². The molecule has 0 bridgehead atoms. The predicted molar refractivity (Wildman–Crippen MR) is 45.9 cm³/mol. The second-order valence-electron chi connectivity index (χ2n) is 2.51. The highest BCUT2D eigenvalue weighted by atomic mass is 15.3. The number of nitrogens with one attached hydrogen (secondary N) is 1. The maximum atomic E-state index is 4.15. The van der Waals surface area contributed by atoms with Crippen LogP contribution in [0.1, 0.15) is 0 Å². The van der Waals surface area contributed by atoms with Crippen LogP contribution >= 0.6 is 0 Å². The number of aromatic nitrogens is 4. The van der Waals surface area contributed by atoms with Gasteiger partial charge in [-0.15, -0.1) is 0 Å². The van der Waals surface area contributed by atoms with Crippen molar-refractivity contribution in [2.75, 3.05) is 12.4 Å². The molecule has 2 aromatic heterocycles. The van der Waals surface area contributed by atoms with Crippen LogP contribution in [0.15, 0.2) is 12.5 Å². The Morgan fingerprint density at radius 1 is 1.42 bits per heavy atom. The lowest BCUT2D eigenvalue weighted by molar-refractivity contribution is 0.775. The Morgan fingerprint density at radius 2 is 2.25 bits per heavy atom. The molecule has 0 spiro atoms. The van der Waals surface area contributed by atoms with Crippen LogP contribution in [-0.4, -0.2) is 26.8 Å². The minimum Gasteiger partial charge on any atom is -0.372 e. The fourth-order valence-electron chi connectivity index (χ4n) is 1.15. The van der Waals surface area contributed by atoms with E-state index in [1.165, 1.54) is 6.33 Å². The van der Waals surface area contributed by atoms with Crippen LogP contribution in [0.3, 0.4) is 0 Å². The Hall–Kier alpha value is -1.65. The smallest absolute Gasteiger partial charge is 0.186 e. The first-order valence-electron chi connectivity index (χ1n) is 3.63. The molecule has 0 aliphatic heterocycles. The maximum absolute atomic E-state index is 4.15. The molecule has 62 valence electrons. The van der Waals surface area contributed by atoms with Gasteiger partial charge >= 0.3 is 0 Å². The molecular weight excluding hydrogens is 154 g/mol. The minimum absolute atomic E-state index is 0.719. The number of anilines is 1. The van der Waals surface area contributed by atoms with Crippen molar-refractivity contribution in [1.29, 1.82) is 0 Å². The molecule has 0 unspecified atom stereocenters. The zero-order chi connectivity index (χ0) is 8.55. The summed E-state index contributed by atoms with van der Waals surface area (Å²) in [5.74, 6) is 0.813. The molecule has 5 heteroatoms. The van der Waals surface area contributed by atoms with Crippen molar-refractivity contribution >= 4 is 16.9 Å². The topological polar surface area (TPSA) is 55.6 Å². The third kappa shape index (κ3) is 0.903. The monoisotopic (exact) mass is 163 g/mol. The van der Waals surface area contributed by atoms with Crippen molar-refractivity contribution in [2.24, 2.45) is 7.05 Å². The van der Waals surface area contributed by atoms with Crippen molar-refractivity contribution < 1.29 is 0 Å². The number of hydrogen-bond acceptors (Lipinski definition) is 4. The van der Waals surface area contributed by atoms with Gasteiger partial charge in [-0.25, -0.2) is 9.97 Å². The molecular formula is C7H9N5. The van der Waals surface area contributed by atoms with E-state index in [0.29, 0.717) is 0 Å². The van der Waals surface area contributed by atoms with Crippen molar-refractivity contribution in [3.05, 3.63) is 12.5 Å². The summed E-state index contributed by atoms with van der Waals surface area (Å²) in [7, 11) is 3.69. The molecule has 0 amide bonds. The molecule has 0 radical (unpaired) electrons. The lowest BCUT2D eigenvalue weighted by atomic mass is 10.4. The van der Waals surface area contributed by atoms with E-state index in [1.807, 2.05) is 20.3 Å². The zero-order valence-corrected chi connectivity index (χ0v) is 6.94. The molecule has 2 heterocycles. The van der Waals surface area contributed by atoms with Crippen molar-refractivity contribution in [3.63, 3.8) is 0 Å². The molecule has 2 aromatic rings. The highest BCUT2D eigenvalue weighted by Gasteiger charge is 2.03. The number of nitrogens with zero attached hydrogens (tertiary/aromatic N) is 4. The van der Waals surface area contributed by atoms with E-state index in [1.54, 1.807) is 4.68 Å². The van der Waals surface area contributed by atoms with E-state index in [-0.39, 0.29) is 0 Å². The summed E-state index contributed by atoms with van der Waals surface area (Å²) in [6.45, 7) is 0. The Kier molecular flexibility index (Phi) is 1.43. The molecule has 2 rings (SSSR count). The zero-order valence-electron chi connectivity index (χ0n) is 6.94. The SMILES string of the molecule is CNc1ncnc2nn(C)cc12. The number of hydrogen-bond donors (Lipinski definition) is 1. The molecule has 0 aliphatic carbocycles. The molecule has 0 saturated heterocycles. The Labute approximate surface area is 69.4 Å². The first kappa shape index (κ1) is 7.02. The number of rotatable bonds is 1. The van der Waals surface area contributed by atoms with Crippen LogP contribution in [0.2, 0.25) is 0 Å². The van der Waals surface area contributed by atoms with Gasteiger partial charge in [-0.05, 0) is 0 Å². The summed E-state index contributed by atoms with van der Waals surface area (Å²) >= 11 is 0. The summed E-state index contributed by atoms with van der Waals surface area (Å²) in [6.07, 6.45) is 3.39. The fraction of sp³-hybridized carbons (Fsp3) is 0.286. The molecule has 0 saturated carbocycles. The van der Waals surface area contributed by atoms with Crippen LogP contribution < -0.4 is 5.32 Å². The number of aryl methyl sites for hydroxylation is 1. The van der Waals surface area contributed by atoms with Gasteiger partial charge in [-0.1, -0.05) is 0 Å². The van der Waals surface area contributed by atoms with Gasteiger partial charge in [-0.2, -0.15) is 5.10 Å². The van der Waals surface area contributed by atoms with Gasteiger partial charge in [-0.3, -0.25) is 4.68 Å². The van der Waals surface area contributed by atoms with Crippen molar-refractivity contribution in [1.82, 2.24) is 19.7 Å². The van der Waals surface area contributed by atoms with E-state index in [2.05, 4.69) is 20.4 Å². The third-order valence-corrected chi connectivity index (χ3v) is 1.67. The Morgan fingerprint density at radius 3 is 3.00 bits per heavy atom. The Balaban J connectivity index is 2.78. The third-order valence-electron chi connectivity index (χ3n) is 1.67. The Bertz CT molecular complexity index is 405. The van der Waals surface area contributed by atoms with Gasteiger partial charge in [0.2, 0.25) is 0 Å². The standard InChI is InChI=1S/C7H9N5/c1-8-6-5-3-12(2)11-7(5)10-4-9-6/h3-4H,1-2H3,(H,8,9,10,11). The van der Waals surface area contributed by atoms with Gasteiger partial charge in [0.05, 0.1) is 5.39 Å². The fourth-order valence-corrected chi connectivity index (χ4v) is 1.15. The lowest BCUT2D eigenvalue weighted by Crippen LogP contribution is -1.92. The second kappa shape index (κ2) is 2.44. The molecule has 5 nitrogen and oxygen atoms in total. The van der Waals surface area contributed by atoms with Gasteiger partial charge < -0.3 is 5.32 Å². The largest absolute Gasteiger partial charge is 0.372 e. The summed E-state index contributed by atoms with van der Waals surface area (Å²) in [6, 6.07) is 0. The predicted octanol–water partition coefficient (Wildman–Crippen LogP) is 0.405. The average Bonchev–Trinajstić information content (AvgIpc) is 2.44. The van der Waals surface area contributed by atoms with E-state index in [9.17, 15) is 0 Å². The van der Waals surface area contributed by atoms with Crippen LogP contribution in [0.4, 0.5) is 5.82 Å². The van der Waals surface area contributed by atoms with Gasteiger partial charge in [0.15, 0.2) is 5.65 Å². The summed E-state index contributed by atoms with van der Waals surface area (Å²) in [4.78, 5) is 8.09. The molecule has 12 heavy (non-hydrogen) atoms. The van der Waals surface area contributed by atoms with Crippen molar-refractivity contribution in [3.8, 4) is 0 Å². The van der Waals surface area contributed by atoms with Gasteiger partial charge in [0.25, 0.3) is 0 Å². The minimum atomic E-state index is 0.719. The van der Waals surface area contributed by atoms with Crippen LogP contribution in [0.25, 0.3) is 11.0 Å². The molecule has 1 N–H and O–H groups in total. The first-order chi connectivity index (χ1) is 5.81. The van der Waals surface area contributed by atoms with Gasteiger partial charge in [0.1, 0.15) is 12.1 Å². The molecule has 0 fully saturated rings. The van der Waals surface area contributed by atoms with E-state index < -0.39 is 0 Å². The molecule has 0 aliphatic rings. The molecule has 0 aromatic carbocycles. The van der Waals surface area contributed by atoms with Crippen LogP contribution in [0, 0.1) is 0 Å². The van der Waals surface area contributed by atoms with E-state index in [0.717, 1.165) is 16.9 Å². The van der Waals surface area contributed by atoms with Crippen molar-refractivity contribution in [2.45, 2.75) is 0 Å². The number of fused-ring (bicyclic) bond motifs is 1. The second-order valence-corrected chi connectivity index (χ2v) is 2.51. The van der Waals surface area contributed by atoms with Crippen LogP contribution in [-0.2, 0) is 7.05 Å².